The Morgan fingerprint density at radius 1 is 1.42 bits per heavy atom. The molecule has 2 rings (SSSR count). The molecule has 0 aromatic heterocycles. The molecule has 0 aliphatic carbocycles. The van der Waals surface area contributed by atoms with Crippen LogP contribution in [0.2, 0.25) is 0 Å². The molecule has 1 atom stereocenters. The summed E-state index contributed by atoms with van der Waals surface area (Å²) in [7, 11) is -3.88. The highest BCUT2D eigenvalue weighted by atomic mass is 32.2. The molecular weight excluding hydrogens is 334 g/mol. The highest BCUT2D eigenvalue weighted by molar-refractivity contribution is 7.89. The molecule has 3 N–H and O–H groups in total. The highest BCUT2D eigenvalue weighted by Crippen LogP contribution is 2.26. The minimum Gasteiger partial charge on any atom is -0.478 e. The number of carbonyl (C=O) groups is 1. The van der Waals surface area contributed by atoms with Crippen molar-refractivity contribution >= 4 is 16.0 Å². The van der Waals surface area contributed by atoms with E-state index >= 15 is 0 Å². The van der Waals surface area contributed by atoms with Crippen LogP contribution in [0.4, 0.5) is 0 Å². The zero-order chi connectivity index (χ0) is 18.0. The van der Waals surface area contributed by atoms with Crippen LogP contribution in [0.5, 0.6) is 0 Å². The van der Waals surface area contributed by atoms with Crippen LogP contribution in [-0.2, 0) is 14.8 Å². The molecule has 1 aromatic rings. The molecule has 0 radical (unpaired) electrons. The Morgan fingerprint density at radius 2 is 2.12 bits per heavy atom. The first-order chi connectivity index (χ1) is 11.1. The van der Waals surface area contributed by atoms with Crippen molar-refractivity contribution in [2.24, 2.45) is 0 Å². The molecule has 1 aromatic carbocycles. The molecule has 0 amide bonds. The maximum absolute atomic E-state index is 12.6. The molecule has 24 heavy (non-hydrogen) atoms. The van der Waals surface area contributed by atoms with E-state index in [1.54, 1.807) is 0 Å². The van der Waals surface area contributed by atoms with E-state index in [4.69, 9.17) is 9.84 Å². The Balaban J connectivity index is 2.20. The number of aliphatic hydroxyl groups is 1. The summed E-state index contributed by atoms with van der Waals surface area (Å²) in [5, 5.41) is 19.3. The van der Waals surface area contributed by atoms with Crippen molar-refractivity contribution in [1.82, 2.24) is 4.72 Å². The lowest BCUT2D eigenvalue weighted by atomic mass is 10.00. The number of nitrogens with one attached hydrogen (secondary N) is 1. The van der Waals surface area contributed by atoms with Crippen LogP contribution in [0.3, 0.4) is 0 Å². The molecule has 1 fully saturated rings. The molecule has 7 nitrogen and oxygen atoms in total. The van der Waals surface area contributed by atoms with Crippen molar-refractivity contribution in [3.8, 4) is 0 Å². The number of hydrogen-bond donors (Lipinski definition) is 3. The third-order valence-corrected chi connectivity index (χ3v) is 5.65. The lowest BCUT2D eigenvalue weighted by Crippen LogP contribution is -2.35. The van der Waals surface area contributed by atoms with Gasteiger partial charge in [-0.1, -0.05) is 19.9 Å². The van der Waals surface area contributed by atoms with E-state index in [1.165, 1.54) is 18.2 Å². The second kappa shape index (κ2) is 7.18. The van der Waals surface area contributed by atoms with Gasteiger partial charge in [0.2, 0.25) is 10.0 Å². The summed E-state index contributed by atoms with van der Waals surface area (Å²) < 4.78 is 32.8. The number of carboxylic acid groups (broad SMARTS) is 1. The number of ether oxygens (including phenoxy) is 1. The van der Waals surface area contributed by atoms with Gasteiger partial charge in [-0.2, -0.15) is 0 Å². The van der Waals surface area contributed by atoms with Crippen molar-refractivity contribution in [2.45, 2.75) is 43.1 Å². The standard InChI is InChI=1S/C16H23NO6S/c1-11(2)13-4-3-12(15(18)19)9-14(13)24(21,22)17-7-5-16(20)6-8-23-10-16/h3-4,9,11,17,20H,5-8,10H2,1-2H3,(H,18,19). The number of rotatable bonds is 7. The molecule has 1 aliphatic rings. The molecule has 1 heterocycles. The van der Waals surface area contributed by atoms with Crippen LogP contribution in [0, 0.1) is 0 Å². The topological polar surface area (TPSA) is 113 Å². The van der Waals surface area contributed by atoms with Gasteiger partial charge in [0.05, 0.1) is 22.7 Å². The molecule has 1 saturated heterocycles. The smallest absolute Gasteiger partial charge is 0.335 e. The molecule has 1 aliphatic heterocycles. The van der Waals surface area contributed by atoms with Gasteiger partial charge in [-0.25, -0.2) is 17.9 Å². The first-order valence-corrected chi connectivity index (χ1v) is 9.30. The summed E-state index contributed by atoms with van der Waals surface area (Å²) >= 11 is 0. The summed E-state index contributed by atoms with van der Waals surface area (Å²) in [6, 6.07) is 4.10. The maximum Gasteiger partial charge on any atom is 0.335 e. The van der Waals surface area contributed by atoms with E-state index in [9.17, 15) is 18.3 Å². The SMILES string of the molecule is CC(C)c1ccc(C(=O)O)cc1S(=O)(=O)NCCC1(O)CCOC1. The molecule has 0 saturated carbocycles. The van der Waals surface area contributed by atoms with Gasteiger partial charge in [0.15, 0.2) is 0 Å². The predicted octanol–water partition coefficient (Wildman–Crippen LogP) is 1.33. The molecular formula is C16H23NO6S. The third kappa shape index (κ3) is 4.32. The van der Waals surface area contributed by atoms with Crippen LogP contribution >= 0.6 is 0 Å². The van der Waals surface area contributed by atoms with Crippen LogP contribution in [0.25, 0.3) is 0 Å². The lowest BCUT2D eigenvalue weighted by Gasteiger charge is -2.21. The highest BCUT2D eigenvalue weighted by Gasteiger charge is 2.32. The average molecular weight is 357 g/mol. The fourth-order valence-electron chi connectivity index (χ4n) is 2.67. The Morgan fingerprint density at radius 3 is 2.67 bits per heavy atom. The Hall–Kier alpha value is -1.48. The number of benzene rings is 1. The van der Waals surface area contributed by atoms with Crippen molar-refractivity contribution < 1.29 is 28.2 Å². The van der Waals surface area contributed by atoms with E-state index in [0.717, 1.165) is 0 Å². The minimum absolute atomic E-state index is 0.0351. The first kappa shape index (κ1) is 18.9. The second-order valence-electron chi connectivity index (χ2n) is 6.39. The Bertz CT molecular complexity index is 707. The van der Waals surface area contributed by atoms with Crippen LogP contribution in [-0.4, -0.2) is 50.0 Å². The summed E-state index contributed by atoms with van der Waals surface area (Å²) in [5.74, 6) is -1.26. The predicted molar refractivity (Wildman–Crippen MR) is 87.7 cm³/mol. The number of aromatic carboxylic acids is 1. The Kier molecular flexibility index (Phi) is 5.64. The van der Waals surface area contributed by atoms with Gasteiger partial charge in [0, 0.05) is 19.6 Å². The van der Waals surface area contributed by atoms with Crippen molar-refractivity contribution in [1.29, 1.82) is 0 Å². The van der Waals surface area contributed by atoms with E-state index in [-0.39, 0.29) is 35.9 Å². The number of carboxylic acids is 1. The fraction of sp³-hybridized carbons (Fsp3) is 0.562. The van der Waals surface area contributed by atoms with Gasteiger partial charge in [-0.05, 0) is 30.0 Å². The van der Waals surface area contributed by atoms with Gasteiger partial charge in [0.25, 0.3) is 0 Å². The lowest BCUT2D eigenvalue weighted by molar-refractivity contribution is 0.0207. The first-order valence-electron chi connectivity index (χ1n) is 7.82. The molecule has 1 unspecified atom stereocenters. The largest absolute Gasteiger partial charge is 0.478 e. The monoisotopic (exact) mass is 357 g/mol. The van der Waals surface area contributed by atoms with Gasteiger partial charge in [-0.3, -0.25) is 0 Å². The van der Waals surface area contributed by atoms with Gasteiger partial charge in [-0.15, -0.1) is 0 Å². The van der Waals surface area contributed by atoms with Gasteiger partial charge < -0.3 is 14.9 Å². The van der Waals surface area contributed by atoms with E-state index in [0.29, 0.717) is 18.6 Å². The molecule has 0 spiro atoms. The summed E-state index contributed by atoms with van der Waals surface area (Å²) in [6.45, 7) is 4.39. The number of hydrogen-bond acceptors (Lipinski definition) is 5. The third-order valence-electron chi connectivity index (χ3n) is 4.14. The summed E-state index contributed by atoms with van der Waals surface area (Å²) in [5.41, 5.74) is -0.537. The van der Waals surface area contributed by atoms with Crippen LogP contribution in [0.15, 0.2) is 23.1 Å². The average Bonchev–Trinajstić information content (AvgIpc) is 2.93. The Labute approximate surface area is 141 Å². The van der Waals surface area contributed by atoms with Crippen LogP contribution in [0.1, 0.15) is 48.5 Å². The molecule has 0 bridgehead atoms. The van der Waals surface area contributed by atoms with Crippen molar-refractivity contribution in [2.75, 3.05) is 19.8 Å². The van der Waals surface area contributed by atoms with E-state index in [2.05, 4.69) is 4.72 Å². The van der Waals surface area contributed by atoms with Crippen molar-refractivity contribution in [3.63, 3.8) is 0 Å². The minimum atomic E-state index is -3.88. The zero-order valence-corrected chi connectivity index (χ0v) is 14.6. The van der Waals surface area contributed by atoms with Crippen molar-refractivity contribution in [3.05, 3.63) is 29.3 Å². The fourth-order valence-corrected chi connectivity index (χ4v) is 4.09. The molecule has 134 valence electrons. The zero-order valence-electron chi connectivity index (χ0n) is 13.8. The summed E-state index contributed by atoms with van der Waals surface area (Å²) in [6.07, 6.45) is 0.711. The van der Waals surface area contributed by atoms with E-state index < -0.39 is 21.6 Å². The van der Waals surface area contributed by atoms with Gasteiger partial charge >= 0.3 is 5.97 Å². The van der Waals surface area contributed by atoms with E-state index in [1.807, 2.05) is 13.8 Å². The number of sulfonamides is 1. The summed E-state index contributed by atoms with van der Waals surface area (Å²) in [4.78, 5) is 11.1. The van der Waals surface area contributed by atoms with Crippen LogP contribution < -0.4 is 4.72 Å². The maximum atomic E-state index is 12.6. The van der Waals surface area contributed by atoms with Gasteiger partial charge in [0.1, 0.15) is 0 Å². The second-order valence-corrected chi connectivity index (χ2v) is 8.12. The molecule has 8 heteroatoms. The quantitative estimate of drug-likeness (QED) is 0.678. The normalized spacial score (nSPS) is 21.3.